The lowest BCUT2D eigenvalue weighted by molar-refractivity contribution is -0.130. The van der Waals surface area contributed by atoms with E-state index in [2.05, 4.69) is 4.72 Å². The van der Waals surface area contributed by atoms with Gasteiger partial charge >= 0.3 is 0 Å². The molecule has 0 radical (unpaired) electrons. The topological polar surface area (TPSA) is 75.7 Å². The van der Waals surface area contributed by atoms with E-state index in [1.54, 1.807) is 4.90 Å². The van der Waals surface area contributed by atoms with Crippen molar-refractivity contribution in [1.82, 2.24) is 9.62 Å². The van der Waals surface area contributed by atoms with Gasteiger partial charge in [-0.15, -0.1) is 0 Å². The highest BCUT2D eigenvalue weighted by molar-refractivity contribution is 7.89. The lowest BCUT2D eigenvalue weighted by Crippen LogP contribution is -2.42. The molecule has 6 nitrogen and oxygen atoms in total. The van der Waals surface area contributed by atoms with Crippen LogP contribution in [0.1, 0.15) is 27.2 Å². The number of carbonyl (C=O) groups excluding carboxylic acids is 1. The van der Waals surface area contributed by atoms with E-state index in [1.165, 1.54) is 32.2 Å². The third kappa shape index (κ3) is 5.37. The van der Waals surface area contributed by atoms with E-state index in [0.29, 0.717) is 12.3 Å². The first kappa shape index (κ1) is 19.7. The van der Waals surface area contributed by atoms with Crippen molar-refractivity contribution in [3.8, 4) is 5.75 Å². The Bertz CT molecular complexity index is 649. The Morgan fingerprint density at radius 1 is 1.43 bits per heavy atom. The number of methoxy groups -OCH3 is 1. The number of hydrogen-bond donors (Lipinski definition) is 1. The Hall–Kier alpha value is -1.31. The molecule has 23 heavy (non-hydrogen) atoms. The van der Waals surface area contributed by atoms with Gasteiger partial charge in [-0.2, -0.15) is 0 Å². The predicted molar refractivity (Wildman–Crippen MR) is 90.3 cm³/mol. The highest BCUT2D eigenvalue weighted by Gasteiger charge is 2.18. The largest absolute Gasteiger partial charge is 0.495 e. The summed E-state index contributed by atoms with van der Waals surface area (Å²) in [6, 6.07) is 4.31. The van der Waals surface area contributed by atoms with Gasteiger partial charge in [-0.3, -0.25) is 4.79 Å². The second-order valence-electron chi connectivity index (χ2n) is 5.16. The number of rotatable bonds is 8. The summed E-state index contributed by atoms with van der Waals surface area (Å²) in [5.41, 5.74) is 0. The SMILES string of the molecule is CCC(C)N(CCNS(=O)(=O)c1ccc(OC)c(Cl)c1)C(C)=O. The fourth-order valence-electron chi connectivity index (χ4n) is 2.11. The van der Waals surface area contributed by atoms with Gasteiger partial charge in [-0.05, 0) is 31.5 Å². The first-order valence-electron chi connectivity index (χ1n) is 7.33. The van der Waals surface area contributed by atoms with Crippen LogP contribution in [0.4, 0.5) is 0 Å². The molecule has 0 bridgehead atoms. The van der Waals surface area contributed by atoms with Crippen molar-refractivity contribution >= 4 is 27.5 Å². The molecule has 0 saturated heterocycles. The summed E-state index contributed by atoms with van der Waals surface area (Å²) in [6.45, 7) is 5.83. The van der Waals surface area contributed by atoms with Crippen molar-refractivity contribution in [2.45, 2.75) is 38.1 Å². The van der Waals surface area contributed by atoms with Crippen LogP contribution in [0.3, 0.4) is 0 Å². The first-order valence-corrected chi connectivity index (χ1v) is 9.19. The number of nitrogens with one attached hydrogen (secondary N) is 1. The first-order chi connectivity index (χ1) is 10.7. The molecule has 0 aliphatic heterocycles. The molecule has 1 aromatic carbocycles. The number of carbonyl (C=O) groups is 1. The molecule has 0 aliphatic carbocycles. The molecule has 0 spiro atoms. The van der Waals surface area contributed by atoms with Crippen LogP contribution in [0, 0.1) is 0 Å². The molecule has 8 heteroatoms. The molecule has 1 aromatic rings. The minimum absolute atomic E-state index is 0.0567. The van der Waals surface area contributed by atoms with Crippen LogP contribution in [-0.2, 0) is 14.8 Å². The third-order valence-electron chi connectivity index (χ3n) is 3.61. The average molecular weight is 363 g/mol. The zero-order valence-corrected chi connectivity index (χ0v) is 15.4. The van der Waals surface area contributed by atoms with Crippen molar-refractivity contribution in [3.05, 3.63) is 23.2 Å². The van der Waals surface area contributed by atoms with Crippen LogP contribution in [-0.4, -0.2) is 45.5 Å². The van der Waals surface area contributed by atoms with E-state index in [4.69, 9.17) is 16.3 Å². The molecule has 1 unspecified atom stereocenters. The maximum Gasteiger partial charge on any atom is 0.240 e. The molecule has 1 amide bonds. The van der Waals surface area contributed by atoms with Crippen molar-refractivity contribution in [3.63, 3.8) is 0 Å². The van der Waals surface area contributed by atoms with E-state index >= 15 is 0 Å². The number of halogens is 1. The maximum atomic E-state index is 12.3. The Morgan fingerprint density at radius 3 is 2.57 bits per heavy atom. The molecule has 1 N–H and O–H groups in total. The standard InChI is InChI=1S/C15H23ClN2O4S/c1-5-11(2)18(12(3)19)9-8-17-23(20,21)13-6-7-15(22-4)14(16)10-13/h6-7,10-11,17H,5,8-9H2,1-4H3. The molecule has 0 fully saturated rings. The van der Waals surface area contributed by atoms with E-state index in [0.717, 1.165) is 6.42 Å². The summed E-state index contributed by atoms with van der Waals surface area (Å²) in [7, 11) is -2.23. The van der Waals surface area contributed by atoms with Crippen molar-refractivity contribution in [2.24, 2.45) is 0 Å². The summed E-state index contributed by atoms with van der Waals surface area (Å²) in [5, 5.41) is 0.223. The van der Waals surface area contributed by atoms with E-state index < -0.39 is 10.0 Å². The Morgan fingerprint density at radius 2 is 2.09 bits per heavy atom. The molecular weight excluding hydrogens is 340 g/mol. The second kappa shape index (κ2) is 8.52. The molecule has 0 aliphatic rings. The minimum Gasteiger partial charge on any atom is -0.495 e. The van der Waals surface area contributed by atoms with Crippen LogP contribution in [0.2, 0.25) is 5.02 Å². The van der Waals surface area contributed by atoms with Gasteiger partial charge in [0.05, 0.1) is 17.0 Å². The number of sulfonamides is 1. The summed E-state index contributed by atoms with van der Waals surface area (Å²) in [5.74, 6) is 0.330. The number of ether oxygens (including phenoxy) is 1. The number of nitrogens with zero attached hydrogens (tertiary/aromatic N) is 1. The highest BCUT2D eigenvalue weighted by atomic mass is 35.5. The molecule has 130 valence electrons. The van der Waals surface area contributed by atoms with Crippen molar-refractivity contribution in [2.75, 3.05) is 20.2 Å². The van der Waals surface area contributed by atoms with Gasteiger partial charge in [0.25, 0.3) is 0 Å². The Kier molecular flexibility index (Phi) is 7.31. The Balaban J connectivity index is 2.76. The van der Waals surface area contributed by atoms with Gasteiger partial charge in [0.1, 0.15) is 5.75 Å². The fourth-order valence-corrected chi connectivity index (χ4v) is 3.48. The maximum absolute atomic E-state index is 12.3. The molecule has 0 heterocycles. The van der Waals surface area contributed by atoms with Crippen LogP contribution in [0.25, 0.3) is 0 Å². The van der Waals surface area contributed by atoms with Gasteiger partial charge in [0, 0.05) is 26.1 Å². The Labute approximate surface area is 142 Å². The summed E-state index contributed by atoms with van der Waals surface area (Å²) in [6.07, 6.45) is 0.806. The van der Waals surface area contributed by atoms with Gasteiger partial charge in [0.2, 0.25) is 15.9 Å². The normalized spacial score (nSPS) is 12.7. The van der Waals surface area contributed by atoms with Gasteiger partial charge in [-0.25, -0.2) is 13.1 Å². The number of hydrogen-bond acceptors (Lipinski definition) is 4. The third-order valence-corrected chi connectivity index (χ3v) is 5.36. The van der Waals surface area contributed by atoms with Crippen LogP contribution in [0.5, 0.6) is 5.75 Å². The van der Waals surface area contributed by atoms with Crippen molar-refractivity contribution < 1.29 is 17.9 Å². The highest BCUT2D eigenvalue weighted by Crippen LogP contribution is 2.26. The average Bonchev–Trinajstić information content (AvgIpc) is 2.50. The monoisotopic (exact) mass is 362 g/mol. The molecule has 0 saturated carbocycles. The molecule has 0 aromatic heterocycles. The quantitative estimate of drug-likeness (QED) is 0.769. The second-order valence-corrected chi connectivity index (χ2v) is 7.34. The molecule has 1 atom stereocenters. The molecular formula is C15H23ClN2O4S. The van der Waals surface area contributed by atoms with Crippen molar-refractivity contribution in [1.29, 1.82) is 0 Å². The van der Waals surface area contributed by atoms with Crippen LogP contribution < -0.4 is 9.46 Å². The fraction of sp³-hybridized carbons (Fsp3) is 0.533. The summed E-state index contributed by atoms with van der Waals surface area (Å²) in [4.78, 5) is 13.3. The summed E-state index contributed by atoms with van der Waals surface area (Å²) >= 11 is 5.95. The molecule has 1 rings (SSSR count). The zero-order valence-electron chi connectivity index (χ0n) is 13.8. The predicted octanol–water partition coefficient (Wildman–Crippen LogP) is 2.27. The van der Waals surface area contributed by atoms with E-state index in [1.807, 2.05) is 13.8 Å². The van der Waals surface area contributed by atoms with E-state index in [9.17, 15) is 13.2 Å². The minimum atomic E-state index is -3.69. The lowest BCUT2D eigenvalue weighted by atomic mass is 10.2. The summed E-state index contributed by atoms with van der Waals surface area (Å²) < 4.78 is 32.0. The number of benzene rings is 1. The lowest BCUT2D eigenvalue weighted by Gasteiger charge is -2.27. The van der Waals surface area contributed by atoms with Crippen LogP contribution >= 0.6 is 11.6 Å². The van der Waals surface area contributed by atoms with Crippen LogP contribution in [0.15, 0.2) is 23.1 Å². The van der Waals surface area contributed by atoms with Gasteiger partial charge in [0.15, 0.2) is 0 Å². The number of amides is 1. The smallest absolute Gasteiger partial charge is 0.240 e. The van der Waals surface area contributed by atoms with Gasteiger partial charge in [-0.1, -0.05) is 18.5 Å². The van der Waals surface area contributed by atoms with E-state index in [-0.39, 0.29) is 28.4 Å². The zero-order chi connectivity index (χ0) is 17.6. The van der Waals surface area contributed by atoms with Gasteiger partial charge < -0.3 is 9.64 Å².